The van der Waals surface area contributed by atoms with Crippen LogP contribution >= 0.6 is 0 Å². The van der Waals surface area contributed by atoms with E-state index in [-0.39, 0.29) is 5.91 Å². The van der Waals surface area contributed by atoms with Gasteiger partial charge in [0.2, 0.25) is 0 Å². The van der Waals surface area contributed by atoms with Crippen molar-refractivity contribution in [2.75, 3.05) is 31.4 Å². The van der Waals surface area contributed by atoms with Crippen molar-refractivity contribution in [1.82, 2.24) is 5.32 Å². The minimum Gasteiger partial charge on any atom is -0.493 e. The lowest BCUT2D eigenvalue weighted by Crippen LogP contribution is -2.18. The number of carbonyl (C=O) groups is 1. The van der Waals surface area contributed by atoms with Crippen molar-refractivity contribution < 1.29 is 14.3 Å². The third-order valence-corrected chi connectivity index (χ3v) is 5.05. The Hall–Kier alpha value is -2.99. The van der Waals surface area contributed by atoms with Crippen LogP contribution in [-0.4, -0.2) is 26.7 Å². The summed E-state index contributed by atoms with van der Waals surface area (Å²) in [7, 11) is 3.17. The predicted molar refractivity (Wildman–Crippen MR) is 122 cm³/mol. The molecule has 0 atom stereocenters. The molecule has 0 radical (unpaired) electrons. The maximum absolute atomic E-state index is 12.7. The van der Waals surface area contributed by atoms with Crippen LogP contribution in [0.5, 0.6) is 11.5 Å². The molecule has 0 aromatic heterocycles. The average molecular weight is 410 g/mol. The minimum atomic E-state index is -0.126. The third-order valence-electron chi connectivity index (χ3n) is 5.05. The molecule has 0 aliphatic carbocycles. The van der Waals surface area contributed by atoms with E-state index in [1.807, 2.05) is 25.1 Å². The standard InChI is InChI=1S/C24H31N3O3/c1-6-19(26-17-9-7-16(8-10-17)14-25-13-15(2)3)23-18-11-21(29-4)22(30-5)12-20(18)27-24(23)28/h7-12,15,25-26H,6,13-14H2,1-5H3,(H,27,28). The van der Waals surface area contributed by atoms with Gasteiger partial charge in [0.1, 0.15) is 0 Å². The summed E-state index contributed by atoms with van der Waals surface area (Å²) in [4.78, 5) is 12.7. The van der Waals surface area contributed by atoms with Gasteiger partial charge in [0.15, 0.2) is 11.5 Å². The van der Waals surface area contributed by atoms with Crippen LogP contribution in [0.2, 0.25) is 0 Å². The molecule has 3 rings (SSSR count). The lowest BCUT2D eigenvalue weighted by Gasteiger charge is -2.14. The Labute approximate surface area is 178 Å². The molecule has 30 heavy (non-hydrogen) atoms. The number of benzene rings is 2. The van der Waals surface area contributed by atoms with Crippen LogP contribution < -0.4 is 25.4 Å². The van der Waals surface area contributed by atoms with Crippen molar-refractivity contribution in [2.24, 2.45) is 5.92 Å². The Balaban J connectivity index is 1.84. The highest BCUT2D eigenvalue weighted by molar-refractivity contribution is 6.32. The van der Waals surface area contributed by atoms with E-state index in [2.05, 4.69) is 41.9 Å². The number of nitrogens with one attached hydrogen (secondary N) is 3. The molecule has 0 saturated heterocycles. The number of methoxy groups -OCH3 is 2. The predicted octanol–water partition coefficient (Wildman–Crippen LogP) is 4.63. The summed E-state index contributed by atoms with van der Waals surface area (Å²) < 4.78 is 10.8. The van der Waals surface area contributed by atoms with Crippen LogP contribution in [-0.2, 0) is 11.3 Å². The number of hydrogen-bond donors (Lipinski definition) is 3. The van der Waals surface area contributed by atoms with Crippen LogP contribution in [0, 0.1) is 5.92 Å². The largest absolute Gasteiger partial charge is 0.493 e. The van der Waals surface area contributed by atoms with Gasteiger partial charge in [-0.3, -0.25) is 4.79 Å². The number of carbonyl (C=O) groups excluding carboxylic acids is 1. The van der Waals surface area contributed by atoms with E-state index in [1.165, 1.54) is 5.56 Å². The average Bonchev–Trinajstić information content (AvgIpc) is 3.06. The first-order chi connectivity index (χ1) is 14.5. The zero-order valence-corrected chi connectivity index (χ0v) is 18.4. The number of anilines is 2. The van der Waals surface area contributed by atoms with E-state index < -0.39 is 0 Å². The van der Waals surface area contributed by atoms with Crippen LogP contribution in [0.25, 0.3) is 5.57 Å². The Morgan fingerprint density at radius 1 is 1.07 bits per heavy atom. The molecule has 1 aliphatic rings. The van der Waals surface area contributed by atoms with Crippen LogP contribution in [0.4, 0.5) is 11.4 Å². The zero-order valence-electron chi connectivity index (χ0n) is 18.4. The van der Waals surface area contributed by atoms with E-state index in [1.54, 1.807) is 20.3 Å². The summed E-state index contributed by atoms with van der Waals surface area (Å²) >= 11 is 0. The lowest BCUT2D eigenvalue weighted by atomic mass is 10.0. The highest BCUT2D eigenvalue weighted by atomic mass is 16.5. The maximum atomic E-state index is 12.7. The number of allylic oxidation sites excluding steroid dienone is 1. The fourth-order valence-corrected chi connectivity index (χ4v) is 3.51. The number of amides is 1. The molecule has 3 N–H and O–H groups in total. The number of rotatable bonds is 9. The van der Waals surface area contributed by atoms with E-state index in [4.69, 9.17) is 9.47 Å². The highest BCUT2D eigenvalue weighted by Gasteiger charge is 2.29. The van der Waals surface area contributed by atoms with Gasteiger partial charge in [-0.2, -0.15) is 0 Å². The normalized spacial score (nSPS) is 14.4. The molecular weight excluding hydrogens is 378 g/mol. The van der Waals surface area contributed by atoms with E-state index in [9.17, 15) is 4.79 Å². The number of ether oxygens (including phenoxy) is 2. The minimum absolute atomic E-state index is 0.126. The van der Waals surface area contributed by atoms with Gasteiger partial charge in [-0.05, 0) is 42.6 Å². The molecule has 160 valence electrons. The first-order valence-corrected chi connectivity index (χ1v) is 10.3. The van der Waals surface area contributed by atoms with Crippen LogP contribution in [0.1, 0.15) is 38.3 Å². The van der Waals surface area contributed by atoms with Gasteiger partial charge in [0.05, 0.1) is 25.5 Å². The van der Waals surface area contributed by atoms with Gasteiger partial charge in [-0.25, -0.2) is 0 Å². The van der Waals surface area contributed by atoms with Crippen molar-refractivity contribution >= 4 is 22.9 Å². The summed E-state index contributed by atoms with van der Waals surface area (Å²) in [6.07, 6.45) is 0.689. The SMILES string of the molecule is CCC(Nc1ccc(CNCC(C)C)cc1)=C1C(=O)Nc2cc(OC)c(OC)cc21. The Kier molecular flexibility index (Phi) is 7.00. The fourth-order valence-electron chi connectivity index (χ4n) is 3.51. The van der Waals surface area contributed by atoms with Gasteiger partial charge in [0.25, 0.3) is 5.91 Å². The van der Waals surface area contributed by atoms with Gasteiger partial charge in [-0.15, -0.1) is 0 Å². The van der Waals surface area contributed by atoms with E-state index in [0.717, 1.165) is 35.7 Å². The van der Waals surface area contributed by atoms with E-state index >= 15 is 0 Å². The molecule has 0 bridgehead atoms. The summed E-state index contributed by atoms with van der Waals surface area (Å²) in [6.45, 7) is 8.27. The second-order valence-electron chi connectivity index (χ2n) is 7.76. The molecule has 6 nitrogen and oxygen atoms in total. The molecular formula is C24H31N3O3. The second kappa shape index (κ2) is 9.67. The van der Waals surface area contributed by atoms with Crippen molar-refractivity contribution in [3.05, 3.63) is 53.2 Å². The molecule has 2 aromatic rings. The van der Waals surface area contributed by atoms with Crippen molar-refractivity contribution in [3.63, 3.8) is 0 Å². The highest BCUT2D eigenvalue weighted by Crippen LogP contribution is 2.42. The van der Waals surface area contributed by atoms with Gasteiger partial charge in [-0.1, -0.05) is 32.9 Å². The molecule has 2 aromatic carbocycles. The molecule has 1 aliphatic heterocycles. The van der Waals surface area contributed by atoms with Gasteiger partial charge >= 0.3 is 0 Å². The summed E-state index contributed by atoms with van der Waals surface area (Å²) in [5.41, 5.74) is 5.23. The Morgan fingerprint density at radius 3 is 2.33 bits per heavy atom. The molecule has 1 heterocycles. The van der Waals surface area contributed by atoms with Crippen LogP contribution in [0.3, 0.4) is 0 Å². The molecule has 6 heteroatoms. The number of fused-ring (bicyclic) bond motifs is 1. The van der Waals surface area contributed by atoms with Crippen molar-refractivity contribution in [3.8, 4) is 11.5 Å². The summed E-state index contributed by atoms with van der Waals surface area (Å²) in [5.74, 6) is 1.69. The molecule has 0 spiro atoms. The lowest BCUT2D eigenvalue weighted by molar-refractivity contribution is -0.110. The van der Waals surface area contributed by atoms with Crippen molar-refractivity contribution in [1.29, 1.82) is 0 Å². The van der Waals surface area contributed by atoms with Crippen LogP contribution in [0.15, 0.2) is 42.1 Å². The third kappa shape index (κ3) is 4.76. The Bertz CT molecular complexity index is 933. The molecule has 0 unspecified atom stereocenters. The van der Waals surface area contributed by atoms with Gasteiger partial charge in [0, 0.05) is 29.6 Å². The smallest absolute Gasteiger partial charge is 0.258 e. The molecule has 0 fully saturated rings. The molecule has 1 amide bonds. The second-order valence-corrected chi connectivity index (χ2v) is 7.76. The Morgan fingerprint density at radius 2 is 1.73 bits per heavy atom. The van der Waals surface area contributed by atoms with E-state index in [0.29, 0.717) is 29.4 Å². The number of hydrogen-bond acceptors (Lipinski definition) is 5. The first kappa shape index (κ1) is 21.7. The maximum Gasteiger partial charge on any atom is 0.258 e. The zero-order chi connectivity index (χ0) is 21.7. The quantitative estimate of drug-likeness (QED) is 0.527. The van der Waals surface area contributed by atoms with Crippen molar-refractivity contribution in [2.45, 2.75) is 33.7 Å². The monoisotopic (exact) mass is 409 g/mol. The topological polar surface area (TPSA) is 71.6 Å². The summed E-state index contributed by atoms with van der Waals surface area (Å²) in [5, 5.41) is 9.82. The first-order valence-electron chi connectivity index (χ1n) is 10.3. The fraction of sp³-hybridized carbons (Fsp3) is 0.375. The van der Waals surface area contributed by atoms with Gasteiger partial charge < -0.3 is 25.4 Å². The molecule has 0 saturated carbocycles. The summed E-state index contributed by atoms with van der Waals surface area (Å²) in [6, 6.07) is 11.9.